The molecule has 1 aromatic rings. The molecule has 1 atom stereocenters. The smallest absolute Gasteiger partial charge is 0.303 e. The molecule has 1 aromatic carbocycles. The summed E-state index contributed by atoms with van der Waals surface area (Å²) in [5.41, 5.74) is 0.0586. The summed E-state index contributed by atoms with van der Waals surface area (Å²) in [6.45, 7) is 1.09. The summed E-state index contributed by atoms with van der Waals surface area (Å²) in [5, 5.41) is 8.73. The highest BCUT2D eigenvalue weighted by molar-refractivity contribution is 9.10. The fourth-order valence-corrected chi connectivity index (χ4v) is 3.01. The van der Waals surface area contributed by atoms with E-state index >= 15 is 0 Å². The number of amides is 1. The molecule has 1 heterocycles. The number of aliphatic carboxylic acids is 1. The predicted octanol–water partition coefficient (Wildman–Crippen LogP) is 3.31. The van der Waals surface area contributed by atoms with Crippen molar-refractivity contribution in [1.29, 1.82) is 0 Å². The molecule has 6 heteroatoms. The van der Waals surface area contributed by atoms with Gasteiger partial charge in [-0.1, -0.05) is 15.9 Å². The highest BCUT2D eigenvalue weighted by Gasteiger charge is 2.26. The number of halogens is 2. The summed E-state index contributed by atoms with van der Waals surface area (Å²) in [4.78, 5) is 24.7. The molecule has 21 heavy (non-hydrogen) atoms. The molecule has 0 aliphatic carbocycles. The SMILES string of the molecule is O=C(O)CCC1CCCN(C(=O)c2cc(Br)ccc2F)C1. The summed E-state index contributed by atoms with van der Waals surface area (Å²) in [6.07, 6.45) is 2.40. The highest BCUT2D eigenvalue weighted by atomic mass is 79.9. The zero-order chi connectivity index (χ0) is 15.4. The Morgan fingerprint density at radius 1 is 1.43 bits per heavy atom. The van der Waals surface area contributed by atoms with Crippen LogP contribution in [0.25, 0.3) is 0 Å². The quantitative estimate of drug-likeness (QED) is 0.899. The van der Waals surface area contributed by atoms with Crippen molar-refractivity contribution in [3.05, 3.63) is 34.1 Å². The summed E-state index contributed by atoms with van der Waals surface area (Å²) >= 11 is 3.24. The Morgan fingerprint density at radius 2 is 2.19 bits per heavy atom. The van der Waals surface area contributed by atoms with Crippen molar-refractivity contribution in [2.45, 2.75) is 25.7 Å². The third-order valence-corrected chi connectivity index (χ3v) is 4.22. The molecule has 1 fully saturated rings. The van der Waals surface area contributed by atoms with Crippen LogP contribution in [0.4, 0.5) is 4.39 Å². The lowest BCUT2D eigenvalue weighted by atomic mass is 9.93. The molecule has 1 N–H and O–H groups in total. The average molecular weight is 358 g/mol. The lowest BCUT2D eigenvalue weighted by Crippen LogP contribution is -2.40. The number of nitrogens with zero attached hydrogens (tertiary/aromatic N) is 1. The van der Waals surface area contributed by atoms with E-state index in [-0.39, 0.29) is 23.8 Å². The van der Waals surface area contributed by atoms with Gasteiger partial charge in [-0.3, -0.25) is 9.59 Å². The third kappa shape index (κ3) is 4.27. The lowest BCUT2D eigenvalue weighted by molar-refractivity contribution is -0.137. The number of likely N-dealkylation sites (tertiary alicyclic amines) is 1. The van der Waals surface area contributed by atoms with Crippen LogP contribution in [0.3, 0.4) is 0 Å². The van der Waals surface area contributed by atoms with Crippen molar-refractivity contribution in [2.24, 2.45) is 5.92 Å². The first-order valence-corrected chi connectivity index (χ1v) is 7.73. The second-order valence-corrected chi connectivity index (χ2v) is 6.23. The molecule has 1 amide bonds. The molecule has 2 rings (SSSR count). The summed E-state index contributed by atoms with van der Waals surface area (Å²) in [6, 6.07) is 4.31. The van der Waals surface area contributed by atoms with Gasteiger partial charge in [0, 0.05) is 24.0 Å². The van der Waals surface area contributed by atoms with E-state index in [0.717, 1.165) is 12.8 Å². The molecule has 0 spiro atoms. The molecule has 0 saturated carbocycles. The number of hydrogen-bond acceptors (Lipinski definition) is 2. The number of carboxylic acids is 1. The van der Waals surface area contributed by atoms with Crippen molar-refractivity contribution in [1.82, 2.24) is 4.90 Å². The van der Waals surface area contributed by atoms with Gasteiger partial charge >= 0.3 is 5.97 Å². The molecule has 114 valence electrons. The standard InChI is InChI=1S/C15H17BrFNO3/c16-11-4-5-13(17)12(8-11)15(21)18-7-1-2-10(9-18)3-6-14(19)20/h4-5,8,10H,1-3,6-7,9H2,(H,19,20). The van der Waals surface area contributed by atoms with E-state index in [4.69, 9.17) is 5.11 Å². The van der Waals surface area contributed by atoms with Crippen molar-refractivity contribution >= 4 is 27.8 Å². The maximum atomic E-state index is 13.8. The molecule has 0 radical (unpaired) electrons. The molecular formula is C15H17BrFNO3. The Morgan fingerprint density at radius 3 is 2.90 bits per heavy atom. The molecule has 0 aromatic heterocycles. The second-order valence-electron chi connectivity index (χ2n) is 5.32. The highest BCUT2D eigenvalue weighted by Crippen LogP contribution is 2.24. The van der Waals surface area contributed by atoms with Crippen LogP contribution in [0.2, 0.25) is 0 Å². The minimum Gasteiger partial charge on any atom is -0.481 e. The molecule has 1 saturated heterocycles. The number of hydrogen-bond donors (Lipinski definition) is 1. The summed E-state index contributed by atoms with van der Waals surface area (Å²) < 4.78 is 14.4. The minimum absolute atomic E-state index is 0.0586. The number of benzene rings is 1. The predicted molar refractivity (Wildman–Crippen MR) is 79.6 cm³/mol. The first-order chi connectivity index (χ1) is 9.97. The molecule has 0 bridgehead atoms. The van der Waals surface area contributed by atoms with E-state index in [1.54, 1.807) is 11.0 Å². The van der Waals surface area contributed by atoms with Crippen molar-refractivity contribution in [2.75, 3.05) is 13.1 Å². The Labute approximate surface area is 131 Å². The molecule has 1 unspecified atom stereocenters. The Kier molecular flexibility index (Phi) is 5.33. The van der Waals surface area contributed by atoms with Gasteiger partial charge in [0.25, 0.3) is 5.91 Å². The molecule has 1 aliphatic heterocycles. The van der Waals surface area contributed by atoms with Crippen LogP contribution in [0, 0.1) is 11.7 Å². The maximum absolute atomic E-state index is 13.8. The van der Waals surface area contributed by atoms with Crippen LogP contribution in [-0.2, 0) is 4.79 Å². The van der Waals surface area contributed by atoms with Gasteiger partial charge in [0.2, 0.25) is 0 Å². The van der Waals surface area contributed by atoms with Gasteiger partial charge in [-0.15, -0.1) is 0 Å². The Balaban J connectivity index is 2.05. The fraction of sp³-hybridized carbons (Fsp3) is 0.467. The normalized spacial score (nSPS) is 18.6. The molecule has 1 aliphatic rings. The minimum atomic E-state index is -0.823. The molecule has 4 nitrogen and oxygen atoms in total. The average Bonchev–Trinajstić information content (AvgIpc) is 2.47. The van der Waals surface area contributed by atoms with Crippen molar-refractivity contribution in [3.8, 4) is 0 Å². The van der Waals surface area contributed by atoms with E-state index in [9.17, 15) is 14.0 Å². The fourth-order valence-electron chi connectivity index (χ4n) is 2.64. The number of piperidine rings is 1. The van der Waals surface area contributed by atoms with Gasteiger partial charge in [-0.05, 0) is 43.4 Å². The van der Waals surface area contributed by atoms with E-state index in [0.29, 0.717) is 24.0 Å². The number of rotatable bonds is 4. The zero-order valence-corrected chi connectivity index (χ0v) is 13.1. The number of carbonyl (C=O) groups excluding carboxylic acids is 1. The first-order valence-electron chi connectivity index (χ1n) is 6.93. The van der Waals surface area contributed by atoms with Gasteiger partial charge in [0.1, 0.15) is 5.82 Å². The van der Waals surface area contributed by atoms with Crippen LogP contribution in [0.1, 0.15) is 36.0 Å². The van der Waals surface area contributed by atoms with Crippen molar-refractivity contribution < 1.29 is 19.1 Å². The van der Waals surface area contributed by atoms with Gasteiger partial charge in [0.05, 0.1) is 5.56 Å². The van der Waals surface area contributed by atoms with E-state index in [2.05, 4.69) is 15.9 Å². The van der Waals surface area contributed by atoms with E-state index in [1.165, 1.54) is 12.1 Å². The lowest BCUT2D eigenvalue weighted by Gasteiger charge is -2.32. The largest absolute Gasteiger partial charge is 0.481 e. The second kappa shape index (κ2) is 7.02. The number of carboxylic acid groups (broad SMARTS) is 1. The van der Waals surface area contributed by atoms with E-state index < -0.39 is 11.8 Å². The first kappa shape index (κ1) is 15.9. The third-order valence-electron chi connectivity index (χ3n) is 3.73. The summed E-state index contributed by atoms with van der Waals surface area (Å²) in [7, 11) is 0. The van der Waals surface area contributed by atoms with Gasteiger partial charge < -0.3 is 10.0 Å². The monoisotopic (exact) mass is 357 g/mol. The Hall–Kier alpha value is -1.43. The van der Waals surface area contributed by atoms with Crippen LogP contribution in [-0.4, -0.2) is 35.0 Å². The van der Waals surface area contributed by atoms with Crippen LogP contribution < -0.4 is 0 Å². The van der Waals surface area contributed by atoms with Crippen LogP contribution >= 0.6 is 15.9 Å². The van der Waals surface area contributed by atoms with Crippen molar-refractivity contribution in [3.63, 3.8) is 0 Å². The van der Waals surface area contributed by atoms with Gasteiger partial charge in [-0.25, -0.2) is 4.39 Å². The van der Waals surface area contributed by atoms with Gasteiger partial charge in [-0.2, -0.15) is 0 Å². The van der Waals surface area contributed by atoms with Crippen LogP contribution in [0.5, 0.6) is 0 Å². The van der Waals surface area contributed by atoms with Gasteiger partial charge in [0.15, 0.2) is 0 Å². The topological polar surface area (TPSA) is 57.6 Å². The number of carbonyl (C=O) groups is 2. The molecular weight excluding hydrogens is 341 g/mol. The Bertz CT molecular complexity index is 550. The van der Waals surface area contributed by atoms with E-state index in [1.807, 2.05) is 0 Å². The zero-order valence-electron chi connectivity index (χ0n) is 11.5. The summed E-state index contributed by atoms with van der Waals surface area (Å²) in [5.74, 6) is -1.50. The maximum Gasteiger partial charge on any atom is 0.303 e. The van der Waals surface area contributed by atoms with Crippen LogP contribution in [0.15, 0.2) is 22.7 Å².